The zero-order valence-electron chi connectivity index (χ0n) is 16.9. The van der Waals surface area contributed by atoms with Gasteiger partial charge in [-0.1, -0.05) is 12.1 Å². The van der Waals surface area contributed by atoms with Gasteiger partial charge in [-0.2, -0.15) is 0 Å². The number of nitrogens with zero attached hydrogens (tertiary/aromatic N) is 1. The van der Waals surface area contributed by atoms with E-state index in [4.69, 9.17) is 18.6 Å². The molecule has 8 nitrogen and oxygen atoms in total. The molecule has 0 spiro atoms. The van der Waals surface area contributed by atoms with Gasteiger partial charge in [0.25, 0.3) is 0 Å². The van der Waals surface area contributed by atoms with E-state index in [2.05, 4.69) is 0 Å². The van der Waals surface area contributed by atoms with Gasteiger partial charge in [0.1, 0.15) is 24.3 Å². The van der Waals surface area contributed by atoms with Crippen molar-refractivity contribution >= 4 is 20.8 Å². The van der Waals surface area contributed by atoms with E-state index in [9.17, 15) is 13.2 Å². The number of hydrogen-bond acceptors (Lipinski definition) is 8. The van der Waals surface area contributed by atoms with Gasteiger partial charge in [0.05, 0.1) is 29.6 Å². The Labute approximate surface area is 178 Å². The van der Waals surface area contributed by atoms with Gasteiger partial charge in [0.15, 0.2) is 21.3 Å². The van der Waals surface area contributed by atoms with Crippen LogP contribution in [0.15, 0.2) is 51.9 Å². The molecule has 5 rings (SSSR count). The highest BCUT2D eigenvalue weighted by Gasteiger charge is 2.35. The molecule has 1 fully saturated rings. The number of benzene rings is 2. The molecule has 0 N–H and O–H groups in total. The molecule has 1 aromatic heterocycles. The van der Waals surface area contributed by atoms with Crippen molar-refractivity contribution in [3.8, 4) is 23.0 Å². The lowest BCUT2D eigenvalue weighted by Crippen LogP contribution is -2.41. The zero-order chi connectivity index (χ0) is 21.6. The minimum absolute atomic E-state index is 0.0485. The molecule has 2 aliphatic rings. The van der Waals surface area contributed by atoms with Crippen LogP contribution in [0.2, 0.25) is 0 Å². The highest BCUT2D eigenvalue weighted by atomic mass is 32.2. The van der Waals surface area contributed by atoms with Crippen molar-refractivity contribution in [2.75, 3.05) is 25.3 Å². The third-order valence-corrected chi connectivity index (χ3v) is 7.48. The van der Waals surface area contributed by atoms with E-state index in [0.717, 1.165) is 5.56 Å². The average molecular weight is 443 g/mol. The summed E-state index contributed by atoms with van der Waals surface area (Å²) < 4.78 is 46.5. The lowest BCUT2D eigenvalue weighted by Gasteiger charge is -2.33. The van der Waals surface area contributed by atoms with Crippen molar-refractivity contribution < 1.29 is 27.0 Å². The van der Waals surface area contributed by atoms with Crippen LogP contribution in [0.1, 0.15) is 12.0 Å². The molecule has 1 atom stereocenters. The summed E-state index contributed by atoms with van der Waals surface area (Å²) in [4.78, 5) is 15.1. The van der Waals surface area contributed by atoms with Crippen LogP contribution in [0.25, 0.3) is 11.0 Å². The summed E-state index contributed by atoms with van der Waals surface area (Å²) in [7, 11) is -1.48. The maximum absolute atomic E-state index is 13.1. The standard InChI is InChI=1S/C22H21NO7S/c1-27-18-4-2-3-5-19(18)30-20-11-28-22-15(21(20)24)6-7-17-16(22)10-23(13-29-17)14-8-9-31(25,26)12-14/h2-7,11,14H,8-10,12-13H2,1H3. The predicted octanol–water partition coefficient (Wildman–Crippen LogP) is 2.93. The summed E-state index contributed by atoms with van der Waals surface area (Å²) in [6.07, 6.45) is 1.86. The van der Waals surface area contributed by atoms with Crippen molar-refractivity contribution in [2.24, 2.45) is 0 Å². The fourth-order valence-electron chi connectivity index (χ4n) is 4.10. The first kappa shape index (κ1) is 19.9. The van der Waals surface area contributed by atoms with E-state index in [0.29, 0.717) is 47.9 Å². The summed E-state index contributed by atoms with van der Waals surface area (Å²) in [5.74, 6) is 1.90. The van der Waals surface area contributed by atoms with Crippen molar-refractivity contribution in [3.63, 3.8) is 0 Å². The van der Waals surface area contributed by atoms with Crippen LogP contribution in [0.5, 0.6) is 23.0 Å². The molecule has 0 amide bonds. The van der Waals surface area contributed by atoms with E-state index in [1.54, 1.807) is 30.3 Å². The zero-order valence-corrected chi connectivity index (χ0v) is 17.7. The van der Waals surface area contributed by atoms with Gasteiger partial charge in [-0.05, 0) is 30.7 Å². The Balaban J connectivity index is 1.49. The predicted molar refractivity (Wildman–Crippen MR) is 114 cm³/mol. The second-order valence-corrected chi connectivity index (χ2v) is 9.91. The Morgan fingerprint density at radius 3 is 2.65 bits per heavy atom. The van der Waals surface area contributed by atoms with Crippen LogP contribution in [-0.2, 0) is 16.4 Å². The highest BCUT2D eigenvalue weighted by Crippen LogP contribution is 2.35. The van der Waals surface area contributed by atoms with Crippen molar-refractivity contribution in [1.29, 1.82) is 0 Å². The second-order valence-electron chi connectivity index (χ2n) is 7.68. The van der Waals surface area contributed by atoms with Gasteiger partial charge in [-0.15, -0.1) is 0 Å². The quantitative estimate of drug-likeness (QED) is 0.607. The third kappa shape index (κ3) is 3.64. The maximum Gasteiger partial charge on any atom is 0.235 e. The van der Waals surface area contributed by atoms with Gasteiger partial charge < -0.3 is 18.6 Å². The molecule has 162 valence electrons. The van der Waals surface area contributed by atoms with E-state index in [1.165, 1.54) is 13.4 Å². The number of rotatable bonds is 4. The number of methoxy groups -OCH3 is 1. The largest absolute Gasteiger partial charge is 0.493 e. The molecule has 1 saturated heterocycles. The van der Waals surface area contributed by atoms with Crippen molar-refractivity contribution in [1.82, 2.24) is 4.90 Å². The minimum Gasteiger partial charge on any atom is -0.493 e. The lowest BCUT2D eigenvalue weighted by atomic mass is 10.1. The van der Waals surface area contributed by atoms with E-state index in [1.807, 2.05) is 11.0 Å². The molecule has 0 radical (unpaired) electrons. The van der Waals surface area contributed by atoms with Crippen molar-refractivity contribution in [2.45, 2.75) is 19.0 Å². The minimum atomic E-state index is -3.01. The Kier molecular flexibility index (Phi) is 4.86. The monoisotopic (exact) mass is 443 g/mol. The smallest absolute Gasteiger partial charge is 0.235 e. The van der Waals surface area contributed by atoms with Crippen LogP contribution >= 0.6 is 0 Å². The fraction of sp³-hybridized carbons (Fsp3) is 0.318. The number of ether oxygens (including phenoxy) is 3. The SMILES string of the molecule is COc1ccccc1Oc1coc2c3c(ccc2c1=O)OCN(C1CCS(=O)(=O)C1)C3. The van der Waals surface area contributed by atoms with E-state index in [-0.39, 0.29) is 28.7 Å². The maximum atomic E-state index is 13.1. The summed E-state index contributed by atoms with van der Waals surface area (Å²) >= 11 is 0. The van der Waals surface area contributed by atoms with Crippen LogP contribution in [0.3, 0.4) is 0 Å². The molecule has 3 heterocycles. The topological polar surface area (TPSA) is 95.3 Å². The first-order valence-electron chi connectivity index (χ1n) is 9.91. The Bertz CT molecular complexity index is 1320. The molecule has 31 heavy (non-hydrogen) atoms. The first-order valence-corrected chi connectivity index (χ1v) is 11.7. The molecule has 0 aliphatic carbocycles. The number of sulfone groups is 1. The normalized spacial score (nSPS) is 20.2. The summed E-state index contributed by atoms with van der Waals surface area (Å²) in [5.41, 5.74) is 0.838. The first-order chi connectivity index (χ1) is 14.9. The summed E-state index contributed by atoms with van der Waals surface area (Å²) in [6, 6.07) is 10.3. The number of fused-ring (bicyclic) bond motifs is 3. The Morgan fingerprint density at radius 2 is 1.90 bits per heavy atom. The molecule has 1 unspecified atom stereocenters. The summed E-state index contributed by atoms with van der Waals surface area (Å²) in [5, 5.41) is 0.371. The third-order valence-electron chi connectivity index (χ3n) is 5.73. The van der Waals surface area contributed by atoms with Gasteiger partial charge in [0.2, 0.25) is 11.2 Å². The Hall–Kier alpha value is -3.04. The van der Waals surface area contributed by atoms with Gasteiger partial charge in [-0.25, -0.2) is 8.42 Å². The van der Waals surface area contributed by atoms with Crippen LogP contribution in [0.4, 0.5) is 0 Å². The highest BCUT2D eigenvalue weighted by molar-refractivity contribution is 7.91. The van der Waals surface area contributed by atoms with Crippen LogP contribution in [-0.4, -0.2) is 44.7 Å². The number of hydrogen-bond donors (Lipinski definition) is 0. The molecular weight excluding hydrogens is 422 g/mol. The van der Waals surface area contributed by atoms with E-state index < -0.39 is 9.84 Å². The second kappa shape index (κ2) is 7.58. The molecule has 3 aromatic rings. The average Bonchev–Trinajstić information content (AvgIpc) is 3.15. The lowest BCUT2D eigenvalue weighted by molar-refractivity contribution is 0.0649. The van der Waals surface area contributed by atoms with Gasteiger partial charge in [0, 0.05) is 12.6 Å². The van der Waals surface area contributed by atoms with Gasteiger partial charge >= 0.3 is 0 Å². The Morgan fingerprint density at radius 1 is 1.10 bits per heavy atom. The van der Waals surface area contributed by atoms with Crippen molar-refractivity contribution in [3.05, 3.63) is 58.4 Å². The number of para-hydroxylation sites is 2. The van der Waals surface area contributed by atoms with E-state index >= 15 is 0 Å². The molecular formula is C22H21NO7S. The molecule has 2 aliphatic heterocycles. The molecule has 2 aromatic carbocycles. The van der Waals surface area contributed by atoms with Crippen LogP contribution in [0, 0.1) is 0 Å². The summed E-state index contributed by atoms with van der Waals surface area (Å²) in [6.45, 7) is 0.750. The molecule has 0 bridgehead atoms. The molecule has 9 heteroatoms. The van der Waals surface area contributed by atoms with Gasteiger partial charge in [-0.3, -0.25) is 9.69 Å². The molecule has 0 saturated carbocycles. The van der Waals surface area contributed by atoms with Crippen LogP contribution < -0.4 is 19.6 Å². The fourth-order valence-corrected chi connectivity index (χ4v) is 5.86.